The molecule has 2 heterocycles. The summed E-state index contributed by atoms with van der Waals surface area (Å²) in [6.07, 6.45) is 1.11. The summed E-state index contributed by atoms with van der Waals surface area (Å²) in [4.78, 5) is 29.1. The van der Waals surface area contributed by atoms with Crippen LogP contribution in [0.25, 0.3) is 10.2 Å². The van der Waals surface area contributed by atoms with Crippen LogP contribution in [0.1, 0.15) is 30.4 Å². The van der Waals surface area contributed by atoms with Gasteiger partial charge in [0.15, 0.2) is 5.13 Å². The molecule has 1 atom stereocenters. The highest BCUT2D eigenvalue weighted by atomic mass is 32.1. The van der Waals surface area contributed by atoms with Gasteiger partial charge >= 0.3 is 0 Å². The molecule has 0 spiro atoms. The van der Waals surface area contributed by atoms with Gasteiger partial charge in [-0.15, -0.1) is 0 Å². The van der Waals surface area contributed by atoms with Crippen LogP contribution in [0.15, 0.2) is 42.5 Å². The second-order valence-electron chi connectivity index (χ2n) is 6.06. The fourth-order valence-electron chi connectivity index (χ4n) is 3.08. The van der Waals surface area contributed by atoms with Crippen molar-refractivity contribution in [2.24, 2.45) is 0 Å². The smallest absolute Gasteiger partial charge is 0.234 e. The van der Waals surface area contributed by atoms with Crippen molar-refractivity contribution in [3.8, 4) is 0 Å². The Labute approximate surface area is 149 Å². The third-order valence-corrected chi connectivity index (χ3v) is 5.34. The van der Waals surface area contributed by atoms with E-state index < -0.39 is 5.92 Å². The second-order valence-corrected chi connectivity index (χ2v) is 7.09. The van der Waals surface area contributed by atoms with Crippen molar-refractivity contribution >= 4 is 44.2 Å². The zero-order chi connectivity index (χ0) is 17.4. The average Bonchev–Trinajstić information content (AvgIpc) is 3.01. The Morgan fingerprint density at radius 3 is 3.00 bits per heavy atom. The Balaban J connectivity index is 1.61. The van der Waals surface area contributed by atoms with Gasteiger partial charge < -0.3 is 10.6 Å². The summed E-state index contributed by atoms with van der Waals surface area (Å²) in [6.45, 7) is 2.11. The maximum atomic E-state index is 12.8. The van der Waals surface area contributed by atoms with Gasteiger partial charge in [-0.05, 0) is 35.7 Å². The van der Waals surface area contributed by atoms with E-state index in [0.717, 1.165) is 22.2 Å². The van der Waals surface area contributed by atoms with Gasteiger partial charge in [0.2, 0.25) is 11.8 Å². The van der Waals surface area contributed by atoms with E-state index in [1.54, 1.807) is 0 Å². The third-order valence-electron chi connectivity index (χ3n) is 4.41. The largest absolute Gasteiger partial charge is 0.326 e. The molecule has 1 aliphatic rings. The monoisotopic (exact) mass is 351 g/mol. The van der Waals surface area contributed by atoms with Crippen molar-refractivity contribution < 1.29 is 9.59 Å². The van der Waals surface area contributed by atoms with Crippen molar-refractivity contribution in [1.29, 1.82) is 0 Å². The van der Waals surface area contributed by atoms with E-state index in [-0.39, 0.29) is 18.2 Å². The second kappa shape index (κ2) is 6.29. The number of aryl methyl sites for hydroxylation is 1. The Hall–Kier alpha value is -2.73. The van der Waals surface area contributed by atoms with Crippen LogP contribution in [0.4, 0.5) is 10.8 Å². The lowest BCUT2D eigenvalue weighted by molar-refractivity contribution is -0.123. The van der Waals surface area contributed by atoms with Crippen LogP contribution in [0, 0.1) is 0 Å². The van der Waals surface area contributed by atoms with Gasteiger partial charge in [0.25, 0.3) is 0 Å². The third kappa shape index (κ3) is 3.00. The van der Waals surface area contributed by atoms with Gasteiger partial charge in [-0.25, -0.2) is 4.98 Å². The van der Waals surface area contributed by atoms with Gasteiger partial charge in [-0.2, -0.15) is 0 Å². The number of benzene rings is 2. The molecule has 0 aliphatic carbocycles. The van der Waals surface area contributed by atoms with Crippen molar-refractivity contribution in [2.75, 3.05) is 10.6 Å². The molecule has 2 amide bonds. The highest BCUT2D eigenvalue weighted by Crippen LogP contribution is 2.34. The Morgan fingerprint density at radius 2 is 2.16 bits per heavy atom. The molecule has 5 nitrogen and oxygen atoms in total. The molecule has 4 rings (SSSR count). The lowest BCUT2D eigenvalue weighted by atomic mass is 9.90. The number of nitrogens with zero attached hydrogens (tertiary/aromatic N) is 1. The van der Waals surface area contributed by atoms with Crippen LogP contribution in [-0.4, -0.2) is 16.8 Å². The van der Waals surface area contributed by atoms with Crippen LogP contribution in [0.5, 0.6) is 0 Å². The van der Waals surface area contributed by atoms with Crippen LogP contribution < -0.4 is 10.6 Å². The number of rotatable bonds is 3. The zero-order valence-corrected chi connectivity index (χ0v) is 14.5. The van der Waals surface area contributed by atoms with Crippen molar-refractivity contribution in [1.82, 2.24) is 4.98 Å². The molecule has 0 radical (unpaired) electrons. The molecule has 2 aromatic carbocycles. The molecule has 2 N–H and O–H groups in total. The Kier molecular flexibility index (Phi) is 3.97. The van der Waals surface area contributed by atoms with E-state index >= 15 is 0 Å². The Morgan fingerprint density at radius 1 is 1.32 bits per heavy atom. The fraction of sp³-hybridized carbons (Fsp3) is 0.211. The predicted octanol–water partition coefficient (Wildman–Crippen LogP) is 3.92. The number of carbonyl (C=O) groups excluding carboxylic acids is 2. The van der Waals surface area contributed by atoms with Crippen molar-refractivity contribution in [3.63, 3.8) is 0 Å². The molecule has 0 fully saturated rings. The van der Waals surface area contributed by atoms with E-state index in [2.05, 4.69) is 34.7 Å². The van der Waals surface area contributed by atoms with Crippen LogP contribution in [0.3, 0.4) is 0 Å². The summed E-state index contributed by atoms with van der Waals surface area (Å²) in [7, 11) is 0. The number of aromatic nitrogens is 1. The number of para-hydroxylation sites is 1. The number of anilines is 2. The van der Waals surface area contributed by atoms with Crippen molar-refractivity contribution in [3.05, 3.63) is 53.6 Å². The highest BCUT2D eigenvalue weighted by molar-refractivity contribution is 7.22. The van der Waals surface area contributed by atoms with E-state index in [9.17, 15) is 9.59 Å². The molecule has 126 valence electrons. The average molecular weight is 351 g/mol. The highest BCUT2D eigenvalue weighted by Gasteiger charge is 2.30. The molecule has 0 bridgehead atoms. The fourth-order valence-corrected chi connectivity index (χ4v) is 4.01. The lowest BCUT2D eigenvalue weighted by Crippen LogP contribution is -2.30. The Bertz CT molecular complexity index is 980. The maximum absolute atomic E-state index is 12.8. The minimum Gasteiger partial charge on any atom is -0.326 e. The summed E-state index contributed by atoms with van der Waals surface area (Å²) < 4.78 is 1.05. The number of thiazole rings is 1. The van der Waals surface area contributed by atoms with E-state index in [0.29, 0.717) is 10.8 Å². The quantitative estimate of drug-likeness (QED) is 0.751. The number of amides is 2. The van der Waals surface area contributed by atoms with Crippen LogP contribution in [0.2, 0.25) is 0 Å². The minimum atomic E-state index is -0.497. The molecule has 1 aliphatic heterocycles. The molecule has 6 heteroatoms. The summed E-state index contributed by atoms with van der Waals surface area (Å²) in [5.41, 5.74) is 3.66. The van der Waals surface area contributed by atoms with Crippen molar-refractivity contribution in [2.45, 2.75) is 25.7 Å². The standard InChI is InChI=1S/C19H17N3O2S/c1-2-11-7-8-15-16(9-11)25-19(21-15)22-18(24)13-10-17(23)20-14-6-4-3-5-12(13)14/h3-9,13H,2,10H2,1H3,(H,20,23)(H,21,22,24). The van der Waals surface area contributed by atoms with Gasteiger partial charge in [0.05, 0.1) is 16.1 Å². The van der Waals surface area contributed by atoms with E-state index in [4.69, 9.17) is 0 Å². The topological polar surface area (TPSA) is 71.1 Å². The summed E-state index contributed by atoms with van der Waals surface area (Å²) in [5, 5.41) is 6.27. The molecule has 3 aromatic rings. The molecular weight excluding hydrogens is 334 g/mol. The number of fused-ring (bicyclic) bond motifs is 2. The van der Waals surface area contributed by atoms with Crippen LogP contribution in [-0.2, 0) is 16.0 Å². The van der Waals surface area contributed by atoms with Gasteiger partial charge in [-0.1, -0.05) is 42.5 Å². The first-order valence-corrected chi connectivity index (χ1v) is 9.05. The number of hydrogen-bond acceptors (Lipinski definition) is 4. The SMILES string of the molecule is CCc1ccc2nc(NC(=O)C3CC(=O)Nc4ccccc43)sc2c1. The lowest BCUT2D eigenvalue weighted by Gasteiger charge is -2.24. The molecule has 0 saturated carbocycles. The van der Waals surface area contributed by atoms with Gasteiger partial charge in [0, 0.05) is 12.1 Å². The van der Waals surface area contributed by atoms with Crippen LogP contribution >= 0.6 is 11.3 Å². The van der Waals surface area contributed by atoms with E-state index in [1.807, 2.05) is 30.3 Å². The first kappa shape index (κ1) is 15.8. The molecular formula is C19H17N3O2S. The molecule has 1 unspecified atom stereocenters. The first-order chi connectivity index (χ1) is 12.1. The summed E-state index contributed by atoms with van der Waals surface area (Å²) in [5.74, 6) is -0.837. The molecule has 0 saturated heterocycles. The summed E-state index contributed by atoms with van der Waals surface area (Å²) in [6, 6.07) is 13.5. The van der Waals surface area contributed by atoms with E-state index in [1.165, 1.54) is 16.9 Å². The normalized spacial score (nSPS) is 16.4. The molecule has 25 heavy (non-hydrogen) atoms. The summed E-state index contributed by atoms with van der Waals surface area (Å²) >= 11 is 1.46. The maximum Gasteiger partial charge on any atom is 0.234 e. The number of hydrogen-bond donors (Lipinski definition) is 2. The zero-order valence-electron chi connectivity index (χ0n) is 13.7. The molecule has 1 aromatic heterocycles. The number of nitrogens with one attached hydrogen (secondary N) is 2. The minimum absolute atomic E-state index is 0.143. The van der Waals surface area contributed by atoms with Gasteiger partial charge in [-0.3, -0.25) is 9.59 Å². The number of carbonyl (C=O) groups is 2. The predicted molar refractivity (Wildman–Crippen MR) is 100 cm³/mol. The first-order valence-electron chi connectivity index (χ1n) is 8.23. The van der Waals surface area contributed by atoms with Gasteiger partial charge in [0.1, 0.15) is 0 Å².